The van der Waals surface area contributed by atoms with E-state index in [0.717, 1.165) is 22.1 Å². The Morgan fingerprint density at radius 1 is 0.950 bits per heavy atom. The van der Waals surface area contributed by atoms with Gasteiger partial charge in [0.15, 0.2) is 0 Å². The van der Waals surface area contributed by atoms with Gasteiger partial charge in [0.05, 0.1) is 0 Å². The van der Waals surface area contributed by atoms with E-state index in [9.17, 15) is 4.79 Å². The van der Waals surface area contributed by atoms with E-state index < -0.39 is 0 Å². The molecule has 0 amide bonds. The van der Waals surface area contributed by atoms with Crippen LogP contribution in [0.3, 0.4) is 0 Å². The number of benzene rings is 2. The van der Waals surface area contributed by atoms with E-state index in [1.807, 2.05) is 49.5 Å². The van der Waals surface area contributed by atoms with Crippen molar-refractivity contribution in [3.8, 4) is 0 Å². The van der Waals surface area contributed by atoms with Crippen LogP contribution in [0.1, 0.15) is 0 Å². The predicted molar refractivity (Wildman–Crippen MR) is 83.7 cm³/mol. The molecule has 0 N–H and O–H groups in total. The first-order valence-corrected chi connectivity index (χ1v) is 6.55. The molecule has 0 fully saturated rings. The van der Waals surface area contributed by atoms with E-state index in [0.29, 0.717) is 0 Å². The van der Waals surface area contributed by atoms with Gasteiger partial charge in [0.1, 0.15) is 0 Å². The number of rotatable bonds is 2. The molecule has 0 radical (unpaired) electrons. The van der Waals surface area contributed by atoms with Crippen LogP contribution in [0.2, 0.25) is 0 Å². The monoisotopic (exact) mass is 264 g/mol. The van der Waals surface area contributed by atoms with Crippen LogP contribution in [-0.4, -0.2) is 11.6 Å². The second-order valence-electron chi connectivity index (χ2n) is 4.90. The summed E-state index contributed by atoms with van der Waals surface area (Å²) in [7, 11) is 3.79. The maximum atomic E-state index is 12.0. The van der Waals surface area contributed by atoms with Gasteiger partial charge in [0, 0.05) is 37.1 Å². The van der Waals surface area contributed by atoms with Crippen LogP contribution in [0.25, 0.3) is 10.8 Å². The highest BCUT2D eigenvalue weighted by Crippen LogP contribution is 2.25. The van der Waals surface area contributed by atoms with Gasteiger partial charge in [-0.25, -0.2) is 0 Å². The van der Waals surface area contributed by atoms with Gasteiger partial charge in [-0.3, -0.25) is 4.79 Å². The zero-order valence-corrected chi connectivity index (χ0v) is 11.6. The molecule has 3 rings (SSSR count). The second kappa shape index (κ2) is 4.85. The van der Waals surface area contributed by atoms with Crippen molar-refractivity contribution >= 4 is 22.1 Å². The van der Waals surface area contributed by atoms with Crippen molar-refractivity contribution in [2.45, 2.75) is 0 Å². The molecule has 0 aliphatic heterocycles. The Morgan fingerprint density at radius 3 is 2.45 bits per heavy atom. The summed E-state index contributed by atoms with van der Waals surface area (Å²) in [6, 6.07) is 18.1. The molecule has 20 heavy (non-hydrogen) atoms. The number of aryl methyl sites for hydroxylation is 1. The fraction of sp³-hybridized carbons (Fsp3) is 0.118. The molecule has 0 saturated heterocycles. The highest BCUT2D eigenvalue weighted by Gasteiger charge is 2.06. The third-order valence-electron chi connectivity index (χ3n) is 3.59. The van der Waals surface area contributed by atoms with Crippen molar-refractivity contribution in [3.63, 3.8) is 0 Å². The highest BCUT2D eigenvalue weighted by molar-refractivity contribution is 5.86. The molecule has 3 aromatic rings. The SMILES string of the molecule is CN(c1ccccc1)c1ccc2c(=O)n(C)ccc2c1. The Balaban J connectivity index is 2.10. The topological polar surface area (TPSA) is 25.2 Å². The molecule has 0 unspecified atom stereocenters. The lowest BCUT2D eigenvalue weighted by Gasteiger charge is -2.19. The van der Waals surface area contributed by atoms with Crippen molar-refractivity contribution in [1.29, 1.82) is 0 Å². The number of hydrogen-bond acceptors (Lipinski definition) is 2. The molecule has 0 bridgehead atoms. The van der Waals surface area contributed by atoms with Crippen molar-refractivity contribution in [3.05, 3.63) is 71.1 Å². The van der Waals surface area contributed by atoms with Crippen molar-refractivity contribution in [2.24, 2.45) is 7.05 Å². The lowest BCUT2D eigenvalue weighted by Crippen LogP contribution is -2.16. The van der Waals surface area contributed by atoms with Crippen LogP contribution in [-0.2, 0) is 7.05 Å². The number of anilines is 2. The molecule has 0 aliphatic rings. The van der Waals surface area contributed by atoms with Gasteiger partial charge in [0.25, 0.3) is 5.56 Å². The minimum atomic E-state index is 0.0383. The molecule has 0 atom stereocenters. The van der Waals surface area contributed by atoms with Crippen LogP contribution < -0.4 is 10.5 Å². The van der Waals surface area contributed by atoms with Crippen LogP contribution >= 0.6 is 0 Å². The van der Waals surface area contributed by atoms with Crippen molar-refractivity contribution < 1.29 is 0 Å². The van der Waals surface area contributed by atoms with Crippen LogP contribution in [0, 0.1) is 0 Å². The van der Waals surface area contributed by atoms with Crippen molar-refractivity contribution in [1.82, 2.24) is 4.57 Å². The molecule has 100 valence electrons. The van der Waals surface area contributed by atoms with Crippen LogP contribution in [0.15, 0.2) is 65.6 Å². The average molecular weight is 264 g/mol. The minimum Gasteiger partial charge on any atom is -0.345 e. The van der Waals surface area contributed by atoms with Crippen LogP contribution in [0.5, 0.6) is 0 Å². The number of nitrogens with zero attached hydrogens (tertiary/aromatic N) is 2. The molecule has 1 heterocycles. The number of aromatic nitrogens is 1. The fourth-order valence-electron chi connectivity index (χ4n) is 2.34. The van der Waals surface area contributed by atoms with E-state index in [4.69, 9.17) is 0 Å². The van der Waals surface area contributed by atoms with Gasteiger partial charge in [-0.2, -0.15) is 0 Å². The Hall–Kier alpha value is -2.55. The summed E-state index contributed by atoms with van der Waals surface area (Å²) in [6.45, 7) is 0. The average Bonchev–Trinajstić information content (AvgIpc) is 2.51. The lowest BCUT2D eigenvalue weighted by atomic mass is 10.1. The first-order valence-electron chi connectivity index (χ1n) is 6.55. The van der Waals surface area contributed by atoms with Gasteiger partial charge < -0.3 is 9.47 Å². The minimum absolute atomic E-state index is 0.0383. The smallest absolute Gasteiger partial charge is 0.258 e. The van der Waals surface area contributed by atoms with E-state index >= 15 is 0 Å². The standard InChI is InChI=1S/C17H16N2O/c1-18-11-10-13-12-15(8-9-16(13)17(18)20)19(2)14-6-4-3-5-7-14/h3-12H,1-2H3. The number of fused-ring (bicyclic) bond motifs is 1. The number of hydrogen-bond donors (Lipinski definition) is 0. The third kappa shape index (κ3) is 2.07. The summed E-state index contributed by atoms with van der Waals surface area (Å²) in [4.78, 5) is 14.1. The molecule has 0 spiro atoms. The molecule has 3 heteroatoms. The Kier molecular flexibility index (Phi) is 3.03. The van der Waals surface area contributed by atoms with Crippen molar-refractivity contribution in [2.75, 3.05) is 11.9 Å². The Labute approximate surface area is 117 Å². The lowest BCUT2D eigenvalue weighted by molar-refractivity contribution is 0.873. The normalized spacial score (nSPS) is 10.7. The summed E-state index contributed by atoms with van der Waals surface area (Å²) < 4.78 is 1.60. The molecule has 1 aromatic heterocycles. The largest absolute Gasteiger partial charge is 0.345 e. The van der Waals surface area contributed by atoms with Gasteiger partial charge in [0.2, 0.25) is 0 Å². The first-order chi connectivity index (χ1) is 9.66. The van der Waals surface area contributed by atoms with E-state index in [-0.39, 0.29) is 5.56 Å². The Bertz CT molecular complexity index is 806. The van der Waals surface area contributed by atoms with Gasteiger partial charge in [-0.1, -0.05) is 18.2 Å². The molecule has 0 saturated carbocycles. The zero-order valence-electron chi connectivity index (χ0n) is 11.6. The summed E-state index contributed by atoms with van der Waals surface area (Å²) in [5, 5.41) is 1.72. The number of para-hydroxylation sites is 1. The van der Waals surface area contributed by atoms with Gasteiger partial charge >= 0.3 is 0 Å². The molecule has 3 nitrogen and oxygen atoms in total. The fourth-order valence-corrected chi connectivity index (χ4v) is 2.34. The quantitative estimate of drug-likeness (QED) is 0.709. The summed E-state index contributed by atoms with van der Waals surface area (Å²) in [5.74, 6) is 0. The molecular weight excluding hydrogens is 248 g/mol. The maximum absolute atomic E-state index is 12.0. The molecule has 2 aromatic carbocycles. The number of pyridine rings is 1. The highest BCUT2D eigenvalue weighted by atomic mass is 16.1. The van der Waals surface area contributed by atoms with E-state index in [1.165, 1.54) is 0 Å². The summed E-state index contributed by atoms with van der Waals surface area (Å²) >= 11 is 0. The second-order valence-corrected chi connectivity index (χ2v) is 4.90. The first kappa shape index (κ1) is 12.5. The molecular formula is C17H16N2O. The van der Waals surface area contributed by atoms with E-state index in [1.54, 1.807) is 17.8 Å². The third-order valence-corrected chi connectivity index (χ3v) is 3.59. The Morgan fingerprint density at radius 2 is 1.70 bits per heavy atom. The van der Waals surface area contributed by atoms with Crippen LogP contribution in [0.4, 0.5) is 11.4 Å². The van der Waals surface area contributed by atoms with Gasteiger partial charge in [-0.05, 0) is 41.8 Å². The predicted octanol–water partition coefficient (Wildman–Crippen LogP) is 3.31. The van der Waals surface area contributed by atoms with Gasteiger partial charge in [-0.15, -0.1) is 0 Å². The zero-order chi connectivity index (χ0) is 14.1. The van der Waals surface area contributed by atoms with E-state index in [2.05, 4.69) is 17.0 Å². The maximum Gasteiger partial charge on any atom is 0.258 e. The summed E-state index contributed by atoms with van der Waals surface area (Å²) in [5.41, 5.74) is 2.23. The molecule has 0 aliphatic carbocycles. The summed E-state index contributed by atoms with van der Waals surface area (Å²) in [6.07, 6.45) is 1.80.